The highest BCUT2D eigenvalue weighted by Crippen LogP contribution is 2.28. The van der Waals surface area contributed by atoms with Crippen LogP contribution in [0.2, 0.25) is 0 Å². The third-order valence-electron chi connectivity index (χ3n) is 3.66. The van der Waals surface area contributed by atoms with E-state index in [-0.39, 0.29) is 11.3 Å². The number of anilines is 1. The van der Waals surface area contributed by atoms with Crippen molar-refractivity contribution < 1.29 is 4.79 Å². The van der Waals surface area contributed by atoms with E-state index in [0.29, 0.717) is 18.8 Å². The summed E-state index contributed by atoms with van der Waals surface area (Å²) in [5, 5.41) is 3.06. The second-order valence-electron chi connectivity index (χ2n) is 6.45. The molecule has 0 bridgehead atoms. The van der Waals surface area contributed by atoms with Crippen molar-refractivity contribution in [3.8, 4) is 0 Å². The molecule has 21 heavy (non-hydrogen) atoms. The van der Waals surface area contributed by atoms with Gasteiger partial charge in [-0.25, -0.2) is 4.98 Å². The van der Waals surface area contributed by atoms with Gasteiger partial charge in [0.05, 0.1) is 12.2 Å². The molecule has 2 aromatic rings. The number of nitrogens with zero attached hydrogens (tertiary/aromatic N) is 2. The van der Waals surface area contributed by atoms with E-state index in [4.69, 9.17) is 5.73 Å². The second-order valence-corrected chi connectivity index (χ2v) is 7.40. The number of carbonyl (C=O) groups excluding carboxylic acids is 1. The van der Waals surface area contributed by atoms with Gasteiger partial charge in [-0.3, -0.25) is 4.79 Å². The molecule has 0 atom stereocenters. The lowest BCUT2D eigenvalue weighted by Gasteiger charge is -2.15. The summed E-state index contributed by atoms with van der Waals surface area (Å²) in [4.78, 5) is 18.9. The molecular weight excluding hydrogens is 282 g/mol. The van der Waals surface area contributed by atoms with Crippen LogP contribution in [0, 0.1) is 0 Å². The zero-order valence-corrected chi connectivity index (χ0v) is 13.3. The van der Waals surface area contributed by atoms with Crippen LogP contribution in [0.15, 0.2) is 23.6 Å². The molecule has 0 saturated heterocycles. The predicted octanol–water partition coefficient (Wildman–Crippen LogP) is 3.18. The van der Waals surface area contributed by atoms with Crippen LogP contribution >= 0.6 is 11.3 Å². The highest BCUT2D eigenvalue weighted by atomic mass is 32.1. The van der Waals surface area contributed by atoms with Gasteiger partial charge in [-0.1, -0.05) is 26.8 Å². The lowest BCUT2D eigenvalue weighted by atomic mass is 9.93. The smallest absolute Gasteiger partial charge is 0.254 e. The van der Waals surface area contributed by atoms with Gasteiger partial charge in [-0.2, -0.15) is 0 Å². The van der Waals surface area contributed by atoms with E-state index in [2.05, 4.69) is 31.1 Å². The Morgan fingerprint density at radius 1 is 1.38 bits per heavy atom. The zero-order valence-electron chi connectivity index (χ0n) is 12.5. The molecule has 0 saturated carbocycles. The number of fused-ring (bicyclic) bond motifs is 1. The topological polar surface area (TPSA) is 59.2 Å². The SMILES string of the molecule is CC(C)(C)c1csc(CN2Cc3ccc(N)cc3C2=O)n1. The lowest BCUT2D eigenvalue weighted by Crippen LogP contribution is -2.23. The molecule has 0 spiro atoms. The summed E-state index contributed by atoms with van der Waals surface area (Å²) in [6.07, 6.45) is 0. The Hall–Kier alpha value is -1.88. The van der Waals surface area contributed by atoms with E-state index < -0.39 is 0 Å². The summed E-state index contributed by atoms with van der Waals surface area (Å²) in [6.45, 7) is 7.63. The van der Waals surface area contributed by atoms with Crippen molar-refractivity contribution in [3.63, 3.8) is 0 Å². The first-order valence-corrected chi connectivity index (χ1v) is 7.85. The van der Waals surface area contributed by atoms with Crippen LogP contribution in [-0.2, 0) is 18.5 Å². The summed E-state index contributed by atoms with van der Waals surface area (Å²) in [5.41, 5.74) is 9.28. The van der Waals surface area contributed by atoms with Crippen molar-refractivity contribution in [2.24, 2.45) is 0 Å². The molecule has 0 radical (unpaired) electrons. The van der Waals surface area contributed by atoms with Gasteiger partial charge in [0.1, 0.15) is 5.01 Å². The monoisotopic (exact) mass is 301 g/mol. The van der Waals surface area contributed by atoms with Gasteiger partial charge < -0.3 is 10.6 Å². The Bertz CT molecular complexity index is 700. The van der Waals surface area contributed by atoms with Crippen LogP contribution in [0.25, 0.3) is 0 Å². The van der Waals surface area contributed by atoms with Crippen molar-refractivity contribution in [2.45, 2.75) is 39.3 Å². The molecule has 0 unspecified atom stereocenters. The average molecular weight is 301 g/mol. The molecule has 1 aromatic carbocycles. The van der Waals surface area contributed by atoms with Crippen LogP contribution in [-0.4, -0.2) is 15.8 Å². The van der Waals surface area contributed by atoms with E-state index in [0.717, 1.165) is 21.8 Å². The fourth-order valence-electron chi connectivity index (χ4n) is 2.40. The third kappa shape index (κ3) is 2.65. The van der Waals surface area contributed by atoms with E-state index in [1.807, 2.05) is 17.0 Å². The molecule has 5 heteroatoms. The van der Waals surface area contributed by atoms with E-state index in [9.17, 15) is 4.79 Å². The normalized spacial score (nSPS) is 14.6. The van der Waals surface area contributed by atoms with Crippen LogP contribution in [0.1, 0.15) is 47.4 Å². The predicted molar refractivity (Wildman–Crippen MR) is 85.2 cm³/mol. The van der Waals surface area contributed by atoms with Crippen LogP contribution in [0.4, 0.5) is 5.69 Å². The molecule has 2 N–H and O–H groups in total. The fourth-order valence-corrected chi connectivity index (χ4v) is 3.43. The summed E-state index contributed by atoms with van der Waals surface area (Å²) < 4.78 is 0. The number of carbonyl (C=O) groups is 1. The molecule has 1 amide bonds. The standard InChI is InChI=1S/C16H19N3OS/c1-16(2,3)13-9-21-14(18-13)8-19-7-10-4-5-11(17)6-12(10)15(19)20/h4-6,9H,7-8,17H2,1-3H3. The maximum atomic E-state index is 12.4. The largest absolute Gasteiger partial charge is 0.399 e. The highest BCUT2D eigenvalue weighted by Gasteiger charge is 2.28. The Morgan fingerprint density at radius 2 is 2.14 bits per heavy atom. The van der Waals surface area contributed by atoms with Crippen molar-refractivity contribution in [1.82, 2.24) is 9.88 Å². The molecular formula is C16H19N3OS. The van der Waals surface area contributed by atoms with Crippen LogP contribution < -0.4 is 5.73 Å². The van der Waals surface area contributed by atoms with Crippen molar-refractivity contribution in [1.29, 1.82) is 0 Å². The molecule has 1 aliphatic rings. The Kier molecular flexibility index (Phi) is 3.24. The van der Waals surface area contributed by atoms with E-state index >= 15 is 0 Å². The molecule has 1 aromatic heterocycles. The molecule has 1 aliphatic heterocycles. The number of thiazole rings is 1. The lowest BCUT2D eigenvalue weighted by molar-refractivity contribution is 0.0766. The summed E-state index contributed by atoms with van der Waals surface area (Å²) in [6, 6.07) is 5.54. The maximum absolute atomic E-state index is 12.4. The van der Waals surface area contributed by atoms with Gasteiger partial charge in [0.2, 0.25) is 0 Å². The number of aromatic nitrogens is 1. The quantitative estimate of drug-likeness (QED) is 0.867. The fraction of sp³-hybridized carbons (Fsp3) is 0.375. The first kappa shape index (κ1) is 14.1. The Balaban J connectivity index is 1.79. The van der Waals surface area contributed by atoms with Gasteiger partial charge in [-0.15, -0.1) is 11.3 Å². The Morgan fingerprint density at radius 3 is 2.81 bits per heavy atom. The number of rotatable bonds is 2. The van der Waals surface area contributed by atoms with Gasteiger partial charge in [0.15, 0.2) is 0 Å². The molecule has 4 nitrogen and oxygen atoms in total. The number of nitrogens with two attached hydrogens (primary N) is 1. The second kappa shape index (κ2) is 4.84. The van der Waals surface area contributed by atoms with Gasteiger partial charge in [0, 0.05) is 28.6 Å². The van der Waals surface area contributed by atoms with Gasteiger partial charge in [0.25, 0.3) is 5.91 Å². The molecule has 0 fully saturated rings. The maximum Gasteiger partial charge on any atom is 0.254 e. The number of benzene rings is 1. The summed E-state index contributed by atoms with van der Waals surface area (Å²) >= 11 is 1.62. The van der Waals surface area contributed by atoms with Crippen molar-refractivity contribution >= 4 is 22.9 Å². The Labute approximate surface area is 128 Å². The molecule has 0 aliphatic carbocycles. The minimum absolute atomic E-state index is 0.0428. The van der Waals surface area contributed by atoms with Crippen molar-refractivity contribution in [3.05, 3.63) is 45.4 Å². The van der Waals surface area contributed by atoms with Crippen LogP contribution in [0.3, 0.4) is 0 Å². The highest BCUT2D eigenvalue weighted by molar-refractivity contribution is 7.09. The minimum Gasteiger partial charge on any atom is -0.399 e. The minimum atomic E-state index is 0.0428. The zero-order chi connectivity index (χ0) is 15.2. The van der Waals surface area contributed by atoms with E-state index in [1.165, 1.54) is 0 Å². The van der Waals surface area contributed by atoms with Crippen molar-refractivity contribution in [2.75, 3.05) is 5.73 Å². The number of hydrogen-bond acceptors (Lipinski definition) is 4. The van der Waals surface area contributed by atoms with Crippen LogP contribution in [0.5, 0.6) is 0 Å². The molecule has 2 heterocycles. The van der Waals surface area contributed by atoms with Gasteiger partial charge in [-0.05, 0) is 17.7 Å². The van der Waals surface area contributed by atoms with Gasteiger partial charge >= 0.3 is 0 Å². The molecule has 110 valence electrons. The first-order chi connectivity index (χ1) is 9.84. The number of amides is 1. The molecule has 3 rings (SSSR count). The number of nitrogen functional groups attached to an aromatic ring is 1. The number of hydrogen-bond donors (Lipinski definition) is 1. The summed E-state index contributed by atoms with van der Waals surface area (Å²) in [7, 11) is 0. The third-order valence-corrected chi connectivity index (χ3v) is 4.49. The average Bonchev–Trinajstić information content (AvgIpc) is 2.97. The first-order valence-electron chi connectivity index (χ1n) is 6.97. The van der Waals surface area contributed by atoms with E-state index in [1.54, 1.807) is 17.4 Å². The summed E-state index contributed by atoms with van der Waals surface area (Å²) in [5.74, 6) is 0.0461.